The zero-order valence-electron chi connectivity index (χ0n) is 8.96. The van der Waals surface area contributed by atoms with Gasteiger partial charge in [0.25, 0.3) is 0 Å². The highest BCUT2D eigenvalue weighted by Gasteiger charge is 2.43. The Labute approximate surface area is 85.8 Å². The standard InChI is InChI=1S/C11H21NO2/c1-9-7-12-5-4-11(9,13)10-3-2-6-14-8-10/h9-10,12-13H,2-8H2,1H3. The number of piperidine rings is 1. The van der Waals surface area contributed by atoms with Crippen LogP contribution in [-0.4, -0.2) is 37.0 Å². The van der Waals surface area contributed by atoms with E-state index in [1.54, 1.807) is 0 Å². The van der Waals surface area contributed by atoms with Crippen LogP contribution < -0.4 is 5.32 Å². The van der Waals surface area contributed by atoms with Gasteiger partial charge in [-0.2, -0.15) is 0 Å². The van der Waals surface area contributed by atoms with Crippen molar-refractivity contribution >= 4 is 0 Å². The third kappa shape index (κ3) is 1.81. The summed E-state index contributed by atoms with van der Waals surface area (Å²) < 4.78 is 5.47. The first-order valence-corrected chi connectivity index (χ1v) is 5.74. The van der Waals surface area contributed by atoms with E-state index >= 15 is 0 Å². The minimum absolute atomic E-state index is 0.350. The molecule has 3 unspecified atom stereocenters. The molecular weight excluding hydrogens is 178 g/mol. The molecule has 0 radical (unpaired) electrons. The van der Waals surface area contributed by atoms with E-state index in [0.29, 0.717) is 11.8 Å². The number of rotatable bonds is 1. The summed E-state index contributed by atoms with van der Waals surface area (Å²) >= 11 is 0. The molecule has 2 aliphatic rings. The zero-order chi connectivity index (χ0) is 10.0. The number of nitrogens with one attached hydrogen (secondary N) is 1. The van der Waals surface area contributed by atoms with Gasteiger partial charge in [0.2, 0.25) is 0 Å². The van der Waals surface area contributed by atoms with E-state index in [4.69, 9.17) is 4.74 Å². The van der Waals surface area contributed by atoms with Crippen LogP contribution in [0.1, 0.15) is 26.2 Å². The fourth-order valence-electron chi connectivity index (χ4n) is 2.77. The van der Waals surface area contributed by atoms with Gasteiger partial charge in [-0.15, -0.1) is 0 Å². The monoisotopic (exact) mass is 199 g/mol. The quantitative estimate of drug-likeness (QED) is 0.655. The minimum Gasteiger partial charge on any atom is -0.389 e. The lowest BCUT2D eigenvalue weighted by atomic mass is 9.71. The van der Waals surface area contributed by atoms with Crippen molar-refractivity contribution in [2.45, 2.75) is 31.8 Å². The molecule has 0 spiro atoms. The van der Waals surface area contributed by atoms with Crippen molar-refractivity contribution in [2.75, 3.05) is 26.3 Å². The molecule has 3 nitrogen and oxygen atoms in total. The molecule has 2 fully saturated rings. The molecule has 2 aliphatic heterocycles. The molecule has 82 valence electrons. The van der Waals surface area contributed by atoms with Crippen LogP contribution in [0.15, 0.2) is 0 Å². The van der Waals surface area contributed by atoms with Crippen LogP contribution in [0.4, 0.5) is 0 Å². The summed E-state index contributed by atoms with van der Waals surface area (Å²) in [5.74, 6) is 0.705. The van der Waals surface area contributed by atoms with Gasteiger partial charge < -0.3 is 15.2 Å². The summed E-state index contributed by atoms with van der Waals surface area (Å²) in [6.45, 7) is 5.64. The molecular formula is C11H21NO2. The van der Waals surface area contributed by atoms with Gasteiger partial charge >= 0.3 is 0 Å². The Bertz CT molecular complexity index is 192. The second-order valence-corrected chi connectivity index (χ2v) is 4.76. The first-order valence-electron chi connectivity index (χ1n) is 5.74. The van der Waals surface area contributed by atoms with Crippen molar-refractivity contribution < 1.29 is 9.84 Å². The van der Waals surface area contributed by atoms with Crippen molar-refractivity contribution in [2.24, 2.45) is 11.8 Å². The highest BCUT2D eigenvalue weighted by Crippen LogP contribution is 2.36. The number of ether oxygens (including phenoxy) is 1. The Hall–Kier alpha value is -0.120. The first kappa shape index (κ1) is 10.4. The van der Waals surface area contributed by atoms with Crippen molar-refractivity contribution in [1.82, 2.24) is 5.32 Å². The Morgan fingerprint density at radius 3 is 3.00 bits per heavy atom. The Kier molecular flexibility index (Phi) is 3.10. The summed E-state index contributed by atoms with van der Waals surface area (Å²) in [6.07, 6.45) is 3.11. The second-order valence-electron chi connectivity index (χ2n) is 4.76. The minimum atomic E-state index is -0.480. The molecule has 3 heteroatoms. The average molecular weight is 199 g/mol. The topological polar surface area (TPSA) is 41.5 Å². The summed E-state index contributed by atoms with van der Waals surface area (Å²) in [7, 11) is 0. The fraction of sp³-hybridized carbons (Fsp3) is 1.00. The van der Waals surface area contributed by atoms with E-state index in [1.165, 1.54) is 0 Å². The van der Waals surface area contributed by atoms with Gasteiger partial charge in [-0.05, 0) is 31.7 Å². The van der Waals surface area contributed by atoms with Crippen molar-refractivity contribution in [3.63, 3.8) is 0 Å². The molecule has 14 heavy (non-hydrogen) atoms. The number of hydrogen-bond donors (Lipinski definition) is 2. The van der Waals surface area contributed by atoms with Crippen molar-refractivity contribution in [3.05, 3.63) is 0 Å². The maximum atomic E-state index is 10.6. The van der Waals surface area contributed by atoms with E-state index in [-0.39, 0.29) is 0 Å². The summed E-state index contributed by atoms with van der Waals surface area (Å²) in [4.78, 5) is 0. The molecule has 2 rings (SSSR count). The second kappa shape index (κ2) is 4.17. The van der Waals surface area contributed by atoms with E-state index < -0.39 is 5.60 Å². The third-order valence-electron chi connectivity index (χ3n) is 3.87. The summed E-state index contributed by atoms with van der Waals surface area (Å²) in [5.41, 5.74) is -0.480. The van der Waals surface area contributed by atoms with Crippen LogP contribution in [-0.2, 0) is 4.74 Å². The molecule has 0 bridgehead atoms. The van der Waals surface area contributed by atoms with Crippen LogP contribution in [0.5, 0.6) is 0 Å². The van der Waals surface area contributed by atoms with Crippen molar-refractivity contribution in [1.29, 1.82) is 0 Å². The van der Waals surface area contributed by atoms with Crippen LogP contribution >= 0.6 is 0 Å². The van der Waals surface area contributed by atoms with Gasteiger partial charge in [-0.3, -0.25) is 0 Å². The van der Waals surface area contributed by atoms with Gasteiger partial charge in [0.1, 0.15) is 0 Å². The lowest BCUT2D eigenvalue weighted by Gasteiger charge is -2.45. The smallest absolute Gasteiger partial charge is 0.0747 e. The van der Waals surface area contributed by atoms with Gasteiger partial charge in [0, 0.05) is 19.1 Å². The van der Waals surface area contributed by atoms with Gasteiger partial charge in [-0.25, -0.2) is 0 Å². The van der Waals surface area contributed by atoms with Crippen LogP contribution in [0.2, 0.25) is 0 Å². The largest absolute Gasteiger partial charge is 0.389 e. The summed E-state index contributed by atoms with van der Waals surface area (Å²) in [6, 6.07) is 0. The average Bonchev–Trinajstić information content (AvgIpc) is 2.24. The first-order chi connectivity index (χ1) is 6.73. The molecule has 3 atom stereocenters. The van der Waals surface area contributed by atoms with Crippen LogP contribution in [0, 0.1) is 11.8 Å². The van der Waals surface area contributed by atoms with E-state index in [0.717, 1.165) is 45.6 Å². The highest BCUT2D eigenvalue weighted by atomic mass is 16.5. The molecule has 0 aromatic carbocycles. The number of hydrogen-bond acceptors (Lipinski definition) is 3. The summed E-state index contributed by atoms with van der Waals surface area (Å²) in [5, 5.41) is 14.0. The fourth-order valence-corrected chi connectivity index (χ4v) is 2.77. The molecule has 0 aromatic rings. The Morgan fingerprint density at radius 2 is 2.36 bits per heavy atom. The van der Waals surface area contributed by atoms with Gasteiger partial charge in [0.05, 0.1) is 12.2 Å². The van der Waals surface area contributed by atoms with Crippen molar-refractivity contribution in [3.8, 4) is 0 Å². The molecule has 0 aromatic heterocycles. The van der Waals surface area contributed by atoms with Crippen LogP contribution in [0.3, 0.4) is 0 Å². The van der Waals surface area contributed by atoms with Gasteiger partial charge in [0.15, 0.2) is 0 Å². The Morgan fingerprint density at radius 1 is 1.50 bits per heavy atom. The lowest BCUT2D eigenvalue weighted by molar-refractivity contribution is -0.122. The van der Waals surface area contributed by atoms with E-state index in [9.17, 15) is 5.11 Å². The van der Waals surface area contributed by atoms with Gasteiger partial charge in [-0.1, -0.05) is 6.92 Å². The SMILES string of the molecule is CC1CNCCC1(O)C1CCCOC1. The van der Waals surface area contributed by atoms with E-state index in [2.05, 4.69) is 12.2 Å². The van der Waals surface area contributed by atoms with E-state index in [1.807, 2.05) is 0 Å². The predicted molar refractivity (Wildman–Crippen MR) is 55.1 cm³/mol. The molecule has 2 saturated heterocycles. The maximum Gasteiger partial charge on any atom is 0.0747 e. The highest BCUT2D eigenvalue weighted by molar-refractivity contribution is 4.95. The predicted octanol–water partition coefficient (Wildman–Crippen LogP) is 0.773. The normalized spacial score (nSPS) is 45.0. The van der Waals surface area contributed by atoms with Crippen LogP contribution in [0.25, 0.3) is 0 Å². The molecule has 0 aliphatic carbocycles. The molecule has 0 saturated carbocycles. The zero-order valence-corrected chi connectivity index (χ0v) is 8.96. The third-order valence-corrected chi connectivity index (χ3v) is 3.87. The molecule has 2 N–H and O–H groups in total. The molecule has 0 amide bonds. The lowest BCUT2D eigenvalue weighted by Crippen LogP contribution is -2.55. The molecule has 2 heterocycles. The number of aliphatic hydroxyl groups is 1. The maximum absolute atomic E-state index is 10.6. The Balaban J connectivity index is 2.03.